The molecule has 0 spiro atoms. The number of hydrogen-bond acceptors (Lipinski definition) is 1. The van der Waals surface area contributed by atoms with Crippen LogP contribution < -0.4 is 0 Å². The van der Waals surface area contributed by atoms with E-state index in [4.69, 9.17) is 0 Å². The third-order valence-corrected chi connectivity index (χ3v) is 3.82. The van der Waals surface area contributed by atoms with Gasteiger partial charge in [-0.2, -0.15) is 0 Å². The van der Waals surface area contributed by atoms with Gasteiger partial charge in [0.05, 0.1) is 5.52 Å². The molecule has 1 heterocycles. The SMILES string of the molecule is CC(=C(C)c1ccnc2ccccc12)c1ccccc1. The molecule has 0 atom stereocenters. The van der Waals surface area contributed by atoms with Gasteiger partial charge in [0, 0.05) is 11.6 Å². The Labute approximate surface area is 119 Å². The van der Waals surface area contributed by atoms with E-state index in [-0.39, 0.29) is 0 Å². The summed E-state index contributed by atoms with van der Waals surface area (Å²) in [6.45, 7) is 4.37. The lowest BCUT2D eigenvalue weighted by Gasteiger charge is -2.11. The Morgan fingerprint density at radius 1 is 0.750 bits per heavy atom. The van der Waals surface area contributed by atoms with Crippen molar-refractivity contribution < 1.29 is 0 Å². The molecular formula is C19H17N. The number of nitrogens with zero attached hydrogens (tertiary/aromatic N) is 1. The standard InChI is InChI=1S/C19H17N/c1-14(16-8-4-3-5-9-16)15(2)17-12-13-20-19-11-7-6-10-18(17)19/h3-13H,1-2H3. The fraction of sp³-hybridized carbons (Fsp3) is 0.105. The summed E-state index contributed by atoms with van der Waals surface area (Å²) in [4.78, 5) is 4.43. The zero-order chi connectivity index (χ0) is 13.9. The Bertz CT molecular complexity index is 765. The molecule has 0 aliphatic heterocycles. The van der Waals surface area contributed by atoms with Gasteiger partial charge in [0.25, 0.3) is 0 Å². The van der Waals surface area contributed by atoms with Crippen molar-refractivity contribution in [1.29, 1.82) is 0 Å². The molecule has 3 aromatic rings. The molecule has 3 rings (SSSR count). The summed E-state index contributed by atoms with van der Waals surface area (Å²) in [6, 6.07) is 20.9. The van der Waals surface area contributed by atoms with Crippen LogP contribution >= 0.6 is 0 Å². The smallest absolute Gasteiger partial charge is 0.0708 e. The molecule has 0 aliphatic carbocycles. The average Bonchev–Trinajstić information content (AvgIpc) is 2.54. The minimum Gasteiger partial charge on any atom is -0.256 e. The summed E-state index contributed by atoms with van der Waals surface area (Å²) >= 11 is 0. The Morgan fingerprint density at radius 3 is 2.25 bits per heavy atom. The first-order chi connectivity index (χ1) is 9.77. The molecule has 20 heavy (non-hydrogen) atoms. The molecule has 1 heteroatoms. The van der Waals surface area contributed by atoms with E-state index < -0.39 is 0 Å². The highest BCUT2D eigenvalue weighted by Crippen LogP contribution is 2.29. The molecule has 0 aliphatic rings. The van der Waals surface area contributed by atoms with E-state index in [1.54, 1.807) is 0 Å². The highest BCUT2D eigenvalue weighted by molar-refractivity contribution is 5.98. The summed E-state index contributed by atoms with van der Waals surface area (Å²) in [7, 11) is 0. The molecule has 1 nitrogen and oxygen atoms in total. The van der Waals surface area contributed by atoms with Gasteiger partial charge in [-0.1, -0.05) is 48.5 Å². The van der Waals surface area contributed by atoms with Crippen molar-refractivity contribution >= 4 is 22.0 Å². The maximum atomic E-state index is 4.43. The number of rotatable bonds is 2. The van der Waals surface area contributed by atoms with Crippen LogP contribution in [-0.4, -0.2) is 4.98 Å². The summed E-state index contributed by atoms with van der Waals surface area (Å²) in [6.07, 6.45) is 1.89. The first-order valence-corrected chi connectivity index (χ1v) is 6.84. The topological polar surface area (TPSA) is 12.9 Å². The fourth-order valence-electron chi connectivity index (χ4n) is 2.53. The molecule has 0 N–H and O–H groups in total. The van der Waals surface area contributed by atoms with Crippen molar-refractivity contribution in [2.75, 3.05) is 0 Å². The van der Waals surface area contributed by atoms with Gasteiger partial charge in [0.15, 0.2) is 0 Å². The van der Waals surface area contributed by atoms with Crippen molar-refractivity contribution in [2.45, 2.75) is 13.8 Å². The third kappa shape index (κ3) is 2.23. The predicted molar refractivity (Wildman–Crippen MR) is 86.3 cm³/mol. The zero-order valence-corrected chi connectivity index (χ0v) is 11.8. The van der Waals surface area contributed by atoms with Crippen LogP contribution in [0.3, 0.4) is 0 Å². The van der Waals surface area contributed by atoms with Gasteiger partial charge in [-0.05, 0) is 48.3 Å². The Morgan fingerprint density at radius 2 is 1.45 bits per heavy atom. The molecule has 0 bridgehead atoms. The Balaban J connectivity index is 2.20. The van der Waals surface area contributed by atoms with Crippen molar-refractivity contribution in [3.05, 3.63) is 78.0 Å². The number of hydrogen-bond donors (Lipinski definition) is 0. The molecule has 0 radical (unpaired) electrons. The molecule has 2 aromatic carbocycles. The van der Waals surface area contributed by atoms with Crippen LogP contribution in [0.1, 0.15) is 25.0 Å². The number of para-hydroxylation sites is 1. The highest BCUT2D eigenvalue weighted by atomic mass is 14.6. The molecule has 0 fully saturated rings. The molecule has 0 unspecified atom stereocenters. The van der Waals surface area contributed by atoms with Crippen LogP contribution in [0.25, 0.3) is 22.0 Å². The van der Waals surface area contributed by atoms with Gasteiger partial charge in [0.2, 0.25) is 0 Å². The lowest BCUT2D eigenvalue weighted by molar-refractivity contribution is 1.39. The number of pyridine rings is 1. The van der Waals surface area contributed by atoms with Crippen LogP contribution in [0.15, 0.2) is 66.9 Å². The summed E-state index contributed by atoms with van der Waals surface area (Å²) in [5.41, 5.74) is 6.19. The van der Waals surface area contributed by atoms with E-state index >= 15 is 0 Å². The summed E-state index contributed by atoms with van der Waals surface area (Å²) in [5, 5.41) is 1.21. The number of fused-ring (bicyclic) bond motifs is 1. The number of benzene rings is 2. The van der Waals surface area contributed by atoms with Crippen LogP contribution in [0.5, 0.6) is 0 Å². The van der Waals surface area contributed by atoms with Gasteiger partial charge >= 0.3 is 0 Å². The van der Waals surface area contributed by atoms with Crippen LogP contribution in [0.2, 0.25) is 0 Å². The monoisotopic (exact) mass is 259 g/mol. The maximum Gasteiger partial charge on any atom is 0.0708 e. The largest absolute Gasteiger partial charge is 0.256 e. The van der Waals surface area contributed by atoms with E-state index in [0.29, 0.717) is 0 Å². The second-order valence-corrected chi connectivity index (χ2v) is 4.99. The Kier molecular flexibility index (Phi) is 3.34. The van der Waals surface area contributed by atoms with E-state index in [2.05, 4.69) is 67.4 Å². The van der Waals surface area contributed by atoms with Crippen molar-refractivity contribution in [1.82, 2.24) is 4.98 Å². The van der Waals surface area contributed by atoms with Crippen LogP contribution in [-0.2, 0) is 0 Å². The van der Waals surface area contributed by atoms with E-state index in [0.717, 1.165) is 5.52 Å². The molecule has 0 amide bonds. The molecular weight excluding hydrogens is 242 g/mol. The van der Waals surface area contributed by atoms with Crippen LogP contribution in [0, 0.1) is 0 Å². The van der Waals surface area contributed by atoms with Gasteiger partial charge in [-0.25, -0.2) is 0 Å². The van der Waals surface area contributed by atoms with Crippen molar-refractivity contribution in [3.8, 4) is 0 Å². The van der Waals surface area contributed by atoms with E-state index in [1.807, 2.05) is 18.3 Å². The quantitative estimate of drug-likeness (QED) is 0.617. The van der Waals surface area contributed by atoms with Gasteiger partial charge < -0.3 is 0 Å². The first kappa shape index (κ1) is 12.6. The molecule has 98 valence electrons. The Hall–Kier alpha value is -2.41. The van der Waals surface area contributed by atoms with Crippen LogP contribution in [0.4, 0.5) is 0 Å². The second-order valence-electron chi connectivity index (χ2n) is 4.99. The zero-order valence-electron chi connectivity index (χ0n) is 11.8. The molecule has 0 saturated carbocycles. The predicted octanol–water partition coefficient (Wildman–Crippen LogP) is 5.19. The summed E-state index contributed by atoms with van der Waals surface area (Å²) in [5.74, 6) is 0. The molecule has 1 aromatic heterocycles. The maximum absolute atomic E-state index is 4.43. The van der Waals surface area contributed by atoms with E-state index in [1.165, 1.54) is 27.7 Å². The highest BCUT2D eigenvalue weighted by Gasteiger charge is 2.07. The minimum atomic E-state index is 1.05. The van der Waals surface area contributed by atoms with Gasteiger partial charge in [0.1, 0.15) is 0 Å². The first-order valence-electron chi connectivity index (χ1n) is 6.84. The molecule has 0 saturated heterocycles. The number of allylic oxidation sites excluding steroid dienone is 2. The van der Waals surface area contributed by atoms with E-state index in [9.17, 15) is 0 Å². The summed E-state index contributed by atoms with van der Waals surface area (Å²) < 4.78 is 0. The average molecular weight is 259 g/mol. The number of aromatic nitrogens is 1. The lowest BCUT2D eigenvalue weighted by Crippen LogP contribution is -1.89. The minimum absolute atomic E-state index is 1.05. The third-order valence-electron chi connectivity index (χ3n) is 3.82. The van der Waals surface area contributed by atoms with Gasteiger partial charge in [-0.3, -0.25) is 4.98 Å². The second kappa shape index (κ2) is 5.30. The van der Waals surface area contributed by atoms with Crippen molar-refractivity contribution in [2.24, 2.45) is 0 Å². The fourth-order valence-corrected chi connectivity index (χ4v) is 2.53. The van der Waals surface area contributed by atoms with Gasteiger partial charge in [-0.15, -0.1) is 0 Å². The normalized spacial score (nSPS) is 12.3. The van der Waals surface area contributed by atoms with Crippen molar-refractivity contribution in [3.63, 3.8) is 0 Å². The lowest BCUT2D eigenvalue weighted by atomic mass is 9.95.